The van der Waals surface area contributed by atoms with Gasteiger partial charge in [-0.1, -0.05) is 25.0 Å². The average molecular weight is 372 g/mol. The van der Waals surface area contributed by atoms with Gasteiger partial charge in [-0.15, -0.1) is 0 Å². The van der Waals surface area contributed by atoms with Crippen molar-refractivity contribution in [3.05, 3.63) is 24.3 Å². The fourth-order valence-electron chi connectivity index (χ4n) is 5.10. The van der Waals surface area contributed by atoms with Crippen molar-refractivity contribution < 1.29 is 9.53 Å². The van der Waals surface area contributed by atoms with Gasteiger partial charge in [0.2, 0.25) is 5.91 Å². The second-order valence-electron chi connectivity index (χ2n) is 8.26. The van der Waals surface area contributed by atoms with Crippen LogP contribution in [-0.4, -0.2) is 68.1 Å². The van der Waals surface area contributed by atoms with E-state index in [2.05, 4.69) is 26.8 Å². The third-order valence-electron chi connectivity index (χ3n) is 6.67. The average Bonchev–Trinajstić information content (AvgIpc) is 3.28. The monoisotopic (exact) mass is 371 g/mol. The summed E-state index contributed by atoms with van der Waals surface area (Å²) in [6, 6.07) is 8.82. The van der Waals surface area contributed by atoms with Gasteiger partial charge in [0.1, 0.15) is 5.75 Å². The highest BCUT2D eigenvalue weighted by Crippen LogP contribution is 2.30. The van der Waals surface area contributed by atoms with Crippen molar-refractivity contribution in [3.63, 3.8) is 0 Å². The van der Waals surface area contributed by atoms with Crippen LogP contribution in [0.1, 0.15) is 38.5 Å². The Labute approximate surface area is 163 Å². The van der Waals surface area contributed by atoms with Gasteiger partial charge in [0, 0.05) is 51.2 Å². The predicted octanol–water partition coefficient (Wildman–Crippen LogP) is 3.00. The first-order valence-electron chi connectivity index (χ1n) is 10.7. The largest absolute Gasteiger partial charge is 0.495 e. The van der Waals surface area contributed by atoms with Crippen molar-refractivity contribution in [2.75, 3.05) is 51.3 Å². The third kappa shape index (κ3) is 4.08. The fourth-order valence-corrected chi connectivity index (χ4v) is 5.10. The summed E-state index contributed by atoms with van der Waals surface area (Å²) in [7, 11) is 1.74. The van der Waals surface area contributed by atoms with Gasteiger partial charge in [0.15, 0.2) is 0 Å². The van der Waals surface area contributed by atoms with Gasteiger partial charge in [0.25, 0.3) is 0 Å². The molecule has 0 radical (unpaired) electrons. The smallest absolute Gasteiger partial charge is 0.225 e. The molecule has 2 heterocycles. The lowest BCUT2D eigenvalue weighted by atomic mass is 9.99. The molecule has 1 aromatic rings. The standard InChI is InChI=1S/C22H33N3O2/c1-27-21-11-5-4-10-20(21)24-15-13-23(14-16-24)19-9-6-12-25(17-19)22(26)18-7-2-3-8-18/h4-5,10-11,18-19H,2-3,6-9,12-17H2,1H3. The number of nitrogens with zero attached hydrogens (tertiary/aromatic N) is 3. The molecule has 0 aromatic heterocycles. The van der Waals surface area contributed by atoms with E-state index in [4.69, 9.17) is 4.74 Å². The molecular formula is C22H33N3O2. The molecule has 1 unspecified atom stereocenters. The lowest BCUT2D eigenvalue weighted by Crippen LogP contribution is -2.56. The minimum absolute atomic E-state index is 0.311. The van der Waals surface area contributed by atoms with Gasteiger partial charge in [-0.2, -0.15) is 0 Å². The molecule has 1 aromatic carbocycles. The van der Waals surface area contributed by atoms with Crippen LogP contribution in [0.25, 0.3) is 0 Å². The second-order valence-corrected chi connectivity index (χ2v) is 8.26. The lowest BCUT2D eigenvalue weighted by molar-refractivity contribution is -0.137. The molecule has 2 aliphatic heterocycles. The second kappa shape index (κ2) is 8.51. The number of para-hydroxylation sites is 2. The number of piperazine rings is 1. The van der Waals surface area contributed by atoms with Crippen LogP contribution in [0.2, 0.25) is 0 Å². The summed E-state index contributed by atoms with van der Waals surface area (Å²) in [6.07, 6.45) is 7.06. The summed E-state index contributed by atoms with van der Waals surface area (Å²) in [5.41, 5.74) is 1.20. The van der Waals surface area contributed by atoms with E-state index in [1.165, 1.54) is 24.9 Å². The number of benzene rings is 1. The number of carbonyl (C=O) groups excluding carboxylic acids is 1. The minimum Gasteiger partial charge on any atom is -0.495 e. The number of anilines is 1. The van der Waals surface area contributed by atoms with E-state index in [9.17, 15) is 4.79 Å². The van der Waals surface area contributed by atoms with Crippen molar-refractivity contribution in [3.8, 4) is 5.75 Å². The number of carbonyl (C=O) groups is 1. The van der Waals surface area contributed by atoms with Crippen LogP contribution in [-0.2, 0) is 4.79 Å². The van der Waals surface area contributed by atoms with Crippen LogP contribution in [0.5, 0.6) is 5.75 Å². The van der Waals surface area contributed by atoms with Crippen molar-refractivity contribution in [1.29, 1.82) is 0 Å². The molecule has 5 nitrogen and oxygen atoms in total. The molecule has 27 heavy (non-hydrogen) atoms. The fraction of sp³-hybridized carbons (Fsp3) is 0.682. The number of piperidine rings is 1. The summed E-state index contributed by atoms with van der Waals surface area (Å²) >= 11 is 0. The Balaban J connectivity index is 1.33. The van der Waals surface area contributed by atoms with Crippen molar-refractivity contribution in [2.45, 2.75) is 44.6 Å². The molecule has 1 atom stereocenters. The van der Waals surface area contributed by atoms with E-state index in [-0.39, 0.29) is 0 Å². The van der Waals surface area contributed by atoms with E-state index in [1.54, 1.807) is 7.11 Å². The molecule has 0 bridgehead atoms. The molecule has 0 spiro atoms. The van der Waals surface area contributed by atoms with Gasteiger partial charge in [0.05, 0.1) is 12.8 Å². The van der Waals surface area contributed by atoms with Crippen molar-refractivity contribution in [2.24, 2.45) is 5.92 Å². The number of ether oxygens (including phenoxy) is 1. The highest BCUT2D eigenvalue weighted by molar-refractivity contribution is 5.79. The highest BCUT2D eigenvalue weighted by atomic mass is 16.5. The summed E-state index contributed by atoms with van der Waals surface area (Å²) in [4.78, 5) is 20.0. The molecule has 1 aliphatic carbocycles. The van der Waals surface area contributed by atoms with Crippen LogP contribution >= 0.6 is 0 Å². The topological polar surface area (TPSA) is 36.0 Å². The molecule has 3 aliphatic rings. The zero-order valence-electron chi connectivity index (χ0n) is 16.6. The molecule has 4 rings (SSSR count). The normalized spacial score (nSPS) is 25.0. The Bertz CT molecular complexity index is 636. The first-order valence-corrected chi connectivity index (χ1v) is 10.7. The number of amides is 1. The molecule has 1 saturated carbocycles. The van der Waals surface area contributed by atoms with Gasteiger partial charge in [-0.05, 0) is 37.8 Å². The highest BCUT2D eigenvalue weighted by Gasteiger charge is 2.33. The lowest BCUT2D eigenvalue weighted by Gasteiger charge is -2.44. The number of hydrogen-bond acceptors (Lipinski definition) is 4. The van der Waals surface area contributed by atoms with E-state index in [1.807, 2.05) is 12.1 Å². The predicted molar refractivity (Wildman–Crippen MR) is 108 cm³/mol. The molecule has 0 N–H and O–H groups in total. The molecule has 5 heteroatoms. The zero-order valence-corrected chi connectivity index (χ0v) is 16.6. The summed E-state index contributed by atoms with van der Waals surface area (Å²) in [5.74, 6) is 1.70. The Morgan fingerprint density at radius 2 is 1.70 bits per heavy atom. The van der Waals surface area contributed by atoms with Gasteiger partial charge in [-0.25, -0.2) is 0 Å². The van der Waals surface area contributed by atoms with E-state index < -0.39 is 0 Å². The summed E-state index contributed by atoms with van der Waals surface area (Å²) in [5, 5.41) is 0. The number of methoxy groups -OCH3 is 1. The molecule has 148 valence electrons. The molecule has 1 amide bonds. The van der Waals surface area contributed by atoms with Crippen LogP contribution in [0.15, 0.2) is 24.3 Å². The molecule has 3 fully saturated rings. The third-order valence-corrected chi connectivity index (χ3v) is 6.67. The quantitative estimate of drug-likeness (QED) is 0.815. The van der Waals surface area contributed by atoms with Crippen molar-refractivity contribution in [1.82, 2.24) is 9.80 Å². The Kier molecular flexibility index (Phi) is 5.86. The summed E-state index contributed by atoms with van der Waals surface area (Å²) < 4.78 is 5.53. The van der Waals surface area contributed by atoms with E-state index >= 15 is 0 Å². The maximum absolute atomic E-state index is 12.8. The first kappa shape index (κ1) is 18.6. The van der Waals surface area contributed by atoms with Crippen LogP contribution in [0.4, 0.5) is 5.69 Å². The van der Waals surface area contributed by atoms with E-state index in [0.717, 1.165) is 64.3 Å². The maximum atomic E-state index is 12.8. The zero-order chi connectivity index (χ0) is 18.6. The summed E-state index contributed by atoms with van der Waals surface area (Å²) in [6.45, 7) is 6.07. The van der Waals surface area contributed by atoms with Gasteiger partial charge < -0.3 is 14.5 Å². The SMILES string of the molecule is COc1ccccc1N1CCN(C2CCCN(C(=O)C3CCCC3)C2)CC1. The van der Waals surface area contributed by atoms with Gasteiger partial charge >= 0.3 is 0 Å². The first-order chi connectivity index (χ1) is 13.3. The number of likely N-dealkylation sites (tertiary alicyclic amines) is 1. The van der Waals surface area contributed by atoms with Gasteiger partial charge in [-0.3, -0.25) is 9.69 Å². The Morgan fingerprint density at radius 3 is 2.44 bits per heavy atom. The van der Waals surface area contributed by atoms with Crippen LogP contribution in [0.3, 0.4) is 0 Å². The molecular weight excluding hydrogens is 338 g/mol. The van der Waals surface area contributed by atoms with Crippen molar-refractivity contribution >= 4 is 11.6 Å². The molecule has 2 saturated heterocycles. The minimum atomic E-state index is 0.311. The Morgan fingerprint density at radius 1 is 0.963 bits per heavy atom. The van der Waals surface area contributed by atoms with Crippen LogP contribution < -0.4 is 9.64 Å². The maximum Gasteiger partial charge on any atom is 0.225 e. The Hall–Kier alpha value is -1.75. The van der Waals surface area contributed by atoms with Crippen LogP contribution in [0, 0.1) is 5.92 Å². The van der Waals surface area contributed by atoms with E-state index in [0.29, 0.717) is 17.9 Å². The number of rotatable bonds is 4. The number of hydrogen-bond donors (Lipinski definition) is 0.